The summed E-state index contributed by atoms with van der Waals surface area (Å²) in [6, 6.07) is 16.2. The van der Waals surface area contributed by atoms with E-state index < -0.39 is 0 Å². The van der Waals surface area contributed by atoms with Crippen molar-refractivity contribution in [1.29, 1.82) is 0 Å². The second kappa shape index (κ2) is 8.11. The SMILES string of the molecule is Cc1nn(C)c(Oc2ccccc2)c1C=C(ON)c1ccc(C(=O)S)cc1. The van der Waals surface area contributed by atoms with Crippen molar-refractivity contribution in [2.45, 2.75) is 6.92 Å². The first-order chi connectivity index (χ1) is 13.0. The zero-order valence-corrected chi connectivity index (χ0v) is 15.8. The Labute approximate surface area is 162 Å². The molecule has 27 heavy (non-hydrogen) atoms. The summed E-state index contributed by atoms with van der Waals surface area (Å²) in [5.41, 5.74) is 2.71. The second-order valence-electron chi connectivity index (χ2n) is 5.85. The predicted molar refractivity (Wildman–Crippen MR) is 107 cm³/mol. The van der Waals surface area contributed by atoms with Crippen LogP contribution in [-0.2, 0) is 11.9 Å². The van der Waals surface area contributed by atoms with Gasteiger partial charge < -0.3 is 9.57 Å². The van der Waals surface area contributed by atoms with Crippen molar-refractivity contribution in [2.24, 2.45) is 12.9 Å². The molecular weight excluding hydrogens is 362 g/mol. The molecule has 6 nitrogen and oxygen atoms in total. The minimum Gasteiger partial charge on any atom is -0.439 e. The Bertz CT molecular complexity index is 980. The molecule has 1 aromatic heterocycles. The van der Waals surface area contributed by atoms with Crippen molar-refractivity contribution in [3.8, 4) is 11.6 Å². The van der Waals surface area contributed by atoms with Crippen molar-refractivity contribution in [1.82, 2.24) is 9.78 Å². The standard InChI is InChI=1S/C20H19N3O3S/c1-13-17(19(23(2)22-13)25-16-6-4-3-5-7-16)12-18(26-21)14-8-10-15(11-9-14)20(24)27/h3-12H,21H2,1-2H3,(H,24,27). The zero-order chi connectivity index (χ0) is 19.4. The number of carbonyl (C=O) groups is 1. The van der Waals surface area contributed by atoms with E-state index in [1.807, 2.05) is 37.3 Å². The molecule has 0 radical (unpaired) electrons. The molecule has 0 saturated carbocycles. The molecule has 0 fully saturated rings. The molecule has 3 rings (SSSR count). The number of aryl methyl sites for hydroxylation is 2. The molecule has 0 aliphatic carbocycles. The van der Waals surface area contributed by atoms with Crippen LogP contribution in [0.5, 0.6) is 11.6 Å². The van der Waals surface area contributed by atoms with Gasteiger partial charge in [-0.3, -0.25) is 4.79 Å². The summed E-state index contributed by atoms with van der Waals surface area (Å²) in [6.07, 6.45) is 1.76. The Morgan fingerprint density at radius 2 is 1.74 bits per heavy atom. The number of rotatable bonds is 6. The summed E-state index contributed by atoms with van der Waals surface area (Å²) >= 11 is 3.82. The Morgan fingerprint density at radius 1 is 1.11 bits per heavy atom. The van der Waals surface area contributed by atoms with E-state index in [2.05, 4.69) is 17.7 Å². The van der Waals surface area contributed by atoms with Crippen LogP contribution in [0.3, 0.4) is 0 Å². The first-order valence-corrected chi connectivity index (χ1v) is 8.63. The first-order valence-electron chi connectivity index (χ1n) is 8.18. The fraction of sp³-hybridized carbons (Fsp3) is 0.100. The number of hydrogen-bond donors (Lipinski definition) is 2. The van der Waals surface area contributed by atoms with Gasteiger partial charge in [-0.1, -0.05) is 30.3 Å². The molecular formula is C20H19N3O3S. The van der Waals surface area contributed by atoms with Gasteiger partial charge in [0, 0.05) is 18.2 Å². The molecule has 7 heteroatoms. The number of nitrogens with two attached hydrogens (primary N) is 1. The van der Waals surface area contributed by atoms with E-state index >= 15 is 0 Å². The molecule has 0 unspecified atom stereocenters. The molecule has 3 aromatic rings. The maximum absolute atomic E-state index is 11.3. The molecule has 0 bridgehead atoms. The fourth-order valence-electron chi connectivity index (χ4n) is 2.63. The molecule has 0 saturated heterocycles. The molecule has 0 amide bonds. The van der Waals surface area contributed by atoms with Gasteiger partial charge in [0.15, 0.2) is 5.76 Å². The van der Waals surface area contributed by atoms with Gasteiger partial charge in [0.25, 0.3) is 0 Å². The highest BCUT2D eigenvalue weighted by atomic mass is 32.1. The van der Waals surface area contributed by atoms with Crippen LogP contribution in [0.4, 0.5) is 0 Å². The number of carbonyl (C=O) groups excluding carboxylic acids is 1. The fourth-order valence-corrected chi connectivity index (χ4v) is 2.78. The minimum atomic E-state index is -0.303. The van der Waals surface area contributed by atoms with E-state index in [0.29, 0.717) is 28.5 Å². The summed E-state index contributed by atoms with van der Waals surface area (Å²) < 4.78 is 7.66. The average molecular weight is 381 g/mol. The maximum atomic E-state index is 11.3. The Morgan fingerprint density at radius 3 is 2.33 bits per heavy atom. The molecule has 0 aliphatic heterocycles. The van der Waals surface area contributed by atoms with Gasteiger partial charge in [0.1, 0.15) is 5.75 Å². The largest absolute Gasteiger partial charge is 0.439 e. The van der Waals surface area contributed by atoms with Crippen LogP contribution in [0.1, 0.15) is 27.2 Å². The summed E-state index contributed by atoms with van der Waals surface area (Å²) in [4.78, 5) is 16.4. The number of benzene rings is 2. The maximum Gasteiger partial charge on any atom is 0.225 e. The molecule has 0 aliphatic rings. The van der Waals surface area contributed by atoms with Crippen LogP contribution in [0.25, 0.3) is 11.8 Å². The number of nitrogens with zero attached hydrogens (tertiary/aromatic N) is 2. The summed E-state index contributed by atoms with van der Waals surface area (Å²) in [5, 5.41) is 4.12. The third-order valence-electron chi connectivity index (χ3n) is 3.99. The number of hydrogen-bond acceptors (Lipinski definition) is 5. The van der Waals surface area contributed by atoms with Crippen LogP contribution in [-0.4, -0.2) is 14.9 Å². The normalized spacial score (nSPS) is 11.3. The first kappa shape index (κ1) is 18.8. The molecule has 138 valence electrons. The third kappa shape index (κ3) is 4.21. The van der Waals surface area contributed by atoms with Gasteiger partial charge in [-0.2, -0.15) is 11.0 Å². The van der Waals surface area contributed by atoms with E-state index in [0.717, 1.165) is 11.3 Å². The van der Waals surface area contributed by atoms with E-state index in [4.69, 9.17) is 15.5 Å². The average Bonchev–Trinajstić information content (AvgIpc) is 2.93. The highest BCUT2D eigenvalue weighted by molar-refractivity contribution is 7.97. The number of thiol groups is 1. The number of ether oxygens (including phenoxy) is 1. The third-order valence-corrected chi connectivity index (χ3v) is 4.25. The Balaban J connectivity index is 2.00. The van der Waals surface area contributed by atoms with Crippen molar-refractivity contribution in [2.75, 3.05) is 0 Å². The highest BCUT2D eigenvalue weighted by Crippen LogP contribution is 2.31. The summed E-state index contributed by atoms with van der Waals surface area (Å²) in [5.74, 6) is 7.17. The lowest BCUT2D eigenvalue weighted by molar-refractivity contribution is 0.109. The molecule has 0 atom stereocenters. The highest BCUT2D eigenvalue weighted by Gasteiger charge is 2.16. The monoisotopic (exact) mass is 381 g/mol. The number of aromatic nitrogens is 2. The molecule has 2 N–H and O–H groups in total. The van der Waals surface area contributed by atoms with Gasteiger partial charge in [0.05, 0.1) is 11.3 Å². The van der Waals surface area contributed by atoms with Gasteiger partial charge >= 0.3 is 0 Å². The Hall–Kier alpha value is -3.03. The number of para-hydroxylation sites is 1. The predicted octanol–water partition coefficient (Wildman–Crippen LogP) is 3.98. The van der Waals surface area contributed by atoms with Crippen LogP contribution in [0.15, 0.2) is 54.6 Å². The minimum absolute atomic E-state index is 0.303. The van der Waals surface area contributed by atoms with Crippen LogP contribution in [0, 0.1) is 6.92 Å². The van der Waals surface area contributed by atoms with Crippen molar-refractivity contribution >= 4 is 29.6 Å². The zero-order valence-electron chi connectivity index (χ0n) is 14.9. The molecule has 1 heterocycles. The second-order valence-corrected chi connectivity index (χ2v) is 6.26. The lowest BCUT2D eigenvalue weighted by Crippen LogP contribution is -2.00. The van der Waals surface area contributed by atoms with E-state index in [1.165, 1.54) is 0 Å². The molecule has 0 spiro atoms. The Kier molecular flexibility index (Phi) is 5.63. The summed E-state index contributed by atoms with van der Waals surface area (Å²) in [7, 11) is 1.80. The quantitative estimate of drug-likeness (QED) is 0.384. The van der Waals surface area contributed by atoms with Gasteiger partial charge in [0.2, 0.25) is 11.0 Å². The van der Waals surface area contributed by atoms with E-state index in [9.17, 15) is 4.79 Å². The topological polar surface area (TPSA) is 79.4 Å². The van der Waals surface area contributed by atoms with Crippen molar-refractivity contribution in [3.05, 3.63) is 77.0 Å². The summed E-state index contributed by atoms with van der Waals surface area (Å²) in [6.45, 7) is 1.88. The van der Waals surface area contributed by atoms with E-state index in [1.54, 1.807) is 42.1 Å². The lowest BCUT2D eigenvalue weighted by Gasteiger charge is -2.09. The van der Waals surface area contributed by atoms with Gasteiger partial charge in [-0.15, -0.1) is 12.6 Å². The van der Waals surface area contributed by atoms with Crippen molar-refractivity contribution in [3.63, 3.8) is 0 Å². The van der Waals surface area contributed by atoms with Crippen LogP contribution >= 0.6 is 12.6 Å². The van der Waals surface area contributed by atoms with Crippen LogP contribution in [0.2, 0.25) is 0 Å². The lowest BCUT2D eigenvalue weighted by atomic mass is 10.1. The molecule has 2 aromatic carbocycles. The van der Waals surface area contributed by atoms with Gasteiger partial charge in [-0.05, 0) is 37.3 Å². The van der Waals surface area contributed by atoms with E-state index in [-0.39, 0.29) is 5.12 Å². The van der Waals surface area contributed by atoms with Gasteiger partial charge in [-0.25, -0.2) is 4.68 Å². The van der Waals surface area contributed by atoms with Crippen LogP contribution < -0.4 is 10.6 Å². The smallest absolute Gasteiger partial charge is 0.225 e. The van der Waals surface area contributed by atoms with Crippen molar-refractivity contribution < 1.29 is 14.4 Å².